The monoisotopic (exact) mass is 394 g/mol. The molecule has 2 N–H and O–H groups in total. The summed E-state index contributed by atoms with van der Waals surface area (Å²) >= 11 is 2.25. The molecule has 1 atom stereocenters. The van der Waals surface area contributed by atoms with E-state index in [4.69, 9.17) is 0 Å². The molecule has 1 unspecified atom stereocenters. The first kappa shape index (κ1) is 15.8. The van der Waals surface area contributed by atoms with E-state index in [1.54, 1.807) is 0 Å². The summed E-state index contributed by atoms with van der Waals surface area (Å²) in [7, 11) is 0. The number of hydrogen-bond donors (Lipinski definition) is 2. The van der Waals surface area contributed by atoms with E-state index >= 15 is 0 Å². The Balaban J connectivity index is 2.02. The van der Waals surface area contributed by atoms with Crippen LogP contribution in [0.15, 0.2) is 42.5 Å². The molecule has 0 bridgehead atoms. The molecule has 2 aromatic rings. The van der Waals surface area contributed by atoms with Gasteiger partial charge in [-0.3, -0.25) is 4.79 Å². The average molecular weight is 394 g/mol. The van der Waals surface area contributed by atoms with E-state index in [0.717, 1.165) is 20.5 Å². The highest BCUT2D eigenvalue weighted by atomic mass is 127. The zero-order valence-corrected chi connectivity index (χ0v) is 14.6. The third-order valence-corrected chi connectivity index (χ3v) is 3.91. The maximum absolute atomic E-state index is 12.3. The highest BCUT2D eigenvalue weighted by Crippen LogP contribution is 2.17. The van der Waals surface area contributed by atoms with E-state index in [2.05, 4.69) is 39.3 Å². The number of nitrogens with one attached hydrogen (secondary N) is 2. The number of carbonyl (C=O) groups excluding carboxylic acids is 1. The first-order valence-electron chi connectivity index (χ1n) is 6.86. The van der Waals surface area contributed by atoms with Crippen molar-refractivity contribution in [3.63, 3.8) is 0 Å². The smallest absolute Gasteiger partial charge is 0.246 e. The number of amides is 1. The molecule has 3 nitrogen and oxygen atoms in total. The summed E-state index contributed by atoms with van der Waals surface area (Å²) in [6.45, 7) is 5.90. The Morgan fingerprint density at radius 3 is 2.57 bits per heavy atom. The van der Waals surface area contributed by atoms with Crippen molar-refractivity contribution in [1.82, 2.24) is 0 Å². The van der Waals surface area contributed by atoms with Gasteiger partial charge in [0.25, 0.3) is 0 Å². The van der Waals surface area contributed by atoms with E-state index < -0.39 is 0 Å². The van der Waals surface area contributed by atoms with Crippen LogP contribution in [0.4, 0.5) is 11.4 Å². The molecular formula is C17H19IN2O. The molecule has 0 heterocycles. The summed E-state index contributed by atoms with van der Waals surface area (Å²) in [5, 5.41) is 6.19. The SMILES string of the molecule is Cc1ccc(NC(=O)C(C)Nc2cccc(I)c2)c(C)c1. The summed E-state index contributed by atoms with van der Waals surface area (Å²) < 4.78 is 1.14. The Hall–Kier alpha value is -1.56. The lowest BCUT2D eigenvalue weighted by Crippen LogP contribution is -2.32. The van der Waals surface area contributed by atoms with Gasteiger partial charge in [0.15, 0.2) is 0 Å². The van der Waals surface area contributed by atoms with Crippen LogP contribution in [0.5, 0.6) is 0 Å². The number of aryl methyl sites for hydroxylation is 2. The number of hydrogen-bond acceptors (Lipinski definition) is 2. The predicted octanol–water partition coefficient (Wildman–Crippen LogP) is 4.35. The van der Waals surface area contributed by atoms with Crippen molar-refractivity contribution in [2.45, 2.75) is 26.8 Å². The Morgan fingerprint density at radius 1 is 1.14 bits per heavy atom. The minimum absolute atomic E-state index is 0.0409. The summed E-state index contributed by atoms with van der Waals surface area (Å²) in [6.07, 6.45) is 0. The fraction of sp³-hybridized carbons (Fsp3) is 0.235. The Kier molecular flexibility index (Phi) is 5.22. The lowest BCUT2D eigenvalue weighted by Gasteiger charge is -2.16. The zero-order chi connectivity index (χ0) is 15.4. The van der Waals surface area contributed by atoms with Gasteiger partial charge in [0.05, 0.1) is 0 Å². The fourth-order valence-electron chi connectivity index (χ4n) is 2.09. The van der Waals surface area contributed by atoms with Crippen molar-refractivity contribution in [2.24, 2.45) is 0 Å². The molecule has 0 aliphatic heterocycles. The van der Waals surface area contributed by atoms with Crippen molar-refractivity contribution in [3.8, 4) is 0 Å². The summed E-state index contributed by atoms with van der Waals surface area (Å²) in [4.78, 5) is 12.3. The van der Waals surface area contributed by atoms with Gasteiger partial charge < -0.3 is 10.6 Å². The van der Waals surface area contributed by atoms with Gasteiger partial charge in [-0.15, -0.1) is 0 Å². The summed E-state index contributed by atoms with van der Waals surface area (Å²) in [5.41, 5.74) is 4.08. The van der Waals surface area contributed by atoms with Crippen LogP contribution in [0.25, 0.3) is 0 Å². The van der Waals surface area contributed by atoms with Gasteiger partial charge in [-0.25, -0.2) is 0 Å². The van der Waals surface area contributed by atoms with Crippen LogP contribution in [0.1, 0.15) is 18.1 Å². The maximum atomic E-state index is 12.3. The Bertz CT molecular complexity index is 655. The van der Waals surface area contributed by atoms with Gasteiger partial charge in [0, 0.05) is 14.9 Å². The molecular weight excluding hydrogens is 375 g/mol. The van der Waals surface area contributed by atoms with Gasteiger partial charge in [0.2, 0.25) is 5.91 Å². The molecule has 4 heteroatoms. The van der Waals surface area contributed by atoms with Gasteiger partial charge >= 0.3 is 0 Å². The second kappa shape index (κ2) is 6.93. The molecule has 0 saturated heterocycles. The fourth-order valence-corrected chi connectivity index (χ4v) is 2.63. The summed E-state index contributed by atoms with van der Waals surface area (Å²) in [5.74, 6) is -0.0409. The van der Waals surface area contributed by atoms with Crippen molar-refractivity contribution in [1.29, 1.82) is 0 Å². The van der Waals surface area contributed by atoms with Crippen molar-refractivity contribution < 1.29 is 4.79 Å². The minimum Gasteiger partial charge on any atom is -0.374 e. The zero-order valence-electron chi connectivity index (χ0n) is 12.4. The highest BCUT2D eigenvalue weighted by molar-refractivity contribution is 14.1. The van der Waals surface area contributed by atoms with Crippen LogP contribution in [0.3, 0.4) is 0 Å². The van der Waals surface area contributed by atoms with Crippen LogP contribution in [-0.4, -0.2) is 11.9 Å². The standard InChI is InChI=1S/C17H19IN2O/c1-11-7-8-16(12(2)9-11)20-17(21)13(3)19-15-6-4-5-14(18)10-15/h4-10,13,19H,1-3H3,(H,20,21). The van der Waals surface area contributed by atoms with Gasteiger partial charge in [-0.05, 0) is 73.2 Å². The highest BCUT2D eigenvalue weighted by Gasteiger charge is 2.13. The maximum Gasteiger partial charge on any atom is 0.246 e. The predicted molar refractivity (Wildman–Crippen MR) is 96.8 cm³/mol. The second-order valence-electron chi connectivity index (χ2n) is 5.18. The van der Waals surface area contributed by atoms with Gasteiger partial charge in [-0.2, -0.15) is 0 Å². The molecule has 0 aliphatic rings. The third kappa shape index (κ3) is 4.46. The minimum atomic E-state index is -0.302. The third-order valence-electron chi connectivity index (χ3n) is 3.24. The normalized spacial score (nSPS) is 11.8. The molecule has 0 saturated carbocycles. The molecule has 110 valence electrons. The van der Waals surface area contributed by atoms with Crippen LogP contribution in [0.2, 0.25) is 0 Å². The van der Waals surface area contributed by atoms with E-state index in [9.17, 15) is 4.79 Å². The number of carbonyl (C=O) groups is 1. The number of rotatable bonds is 4. The van der Waals surface area contributed by atoms with Crippen LogP contribution in [-0.2, 0) is 4.79 Å². The lowest BCUT2D eigenvalue weighted by molar-refractivity contribution is -0.116. The molecule has 0 fully saturated rings. The quantitative estimate of drug-likeness (QED) is 0.758. The van der Waals surface area contributed by atoms with Crippen LogP contribution in [0, 0.1) is 17.4 Å². The van der Waals surface area contributed by atoms with Crippen LogP contribution < -0.4 is 10.6 Å². The molecule has 21 heavy (non-hydrogen) atoms. The molecule has 1 amide bonds. The first-order valence-corrected chi connectivity index (χ1v) is 7.94. The topological polar surface area (TPSA) is 41.1 Å². The Labute approximate surface area is 139 Å². The average Bonchev–Trinajstić information content (AvgIpc) is 2.41. The number of benzene rings is 2. The van der Waals surface area contributed by atoms with Gasteiger partial charge in [0.1, 0.15) is 6.04 Å². The van der Waals surface area contributed by atoms with Crippen molar-refractivity contribution in [2.75, 3.05) is 10.6 Å². The van der Waals surface area contributed by atoms with E-state index in [1.165, 1.54) is 5.56 Å². The van der Waals surface area contributed by atoms with Crippen molar-refractivity contribution >= 4 is 39.9 Å². The van der Waals surface area contributed by atoms with E-state index in [0.29, 0.717) is 0 Å². The molecule has 0 radical (unpaired) electrons. The van der Waals surface area contributed by atoms with Gasteiger partial charge in [-0.1, -0.05) is 23.8 Å². The second-order valence-corrected chi connectivity index (χ2v) is 6.43. The molecule has 0 spiro atoms. The lowest BCUT2D eigenvalue weighted by atomic mass is 10.1. The molecule has 2 aromatic carbocycles. The number of halogens is 1. The molecule has 2 rings (SSSR count). The Morgan fingerprint density at radius 2 is 1.90 bits per heavy atom. The number of anilines is 2. The first-order chi connectivity index (χ1) is 9.95. The van der Waals surface area contributed by atoms with Crippen LogP contribution >= 0.6 is 22.6 Å². The largest absolute Gasteiger partial charge is 0.374 e. The molecule has 0 aliphatic carbocycles. The molecule has 0 aromatic heterocycles. The van der Waals surface area contributed by atoms with E-state index in [-0.39, 0.29) is 11.9 Å². The summed E-state index contributed by atoms with van der Waals surface area (Å²) in [6, 6.07) is 13.7. The van der Waals surface area contributed by atoms with E-state index in [1.807, 2.05) is 57.2 Å². The van der Waals surface area contributed by atoms with Crippen molar-refractivity contribution in [3.05, 3.63) is 57.2 Å².